The van der Waals surface area contributed by atoms with Gasteiger partial charge in [0.1, 0.15) is 17.1 Å². The highest BCUT2D eigenvalue weighted by molar-refractivity contribution is 7.89. The van der Waals surface area contributed by atoms with Gasteiger partial charge in [0.15, 0.2) is 6.61 Å². The molecule has 1 unspecified atom stereocenters. The Balaban J connectivity index is 1.91. The van der Waals surface area contributed by atoms with Crippen molar-refractivity contribution in [3.63, 3.8) is 0 Å². The number of sulfonamides is 1. The predicted octanol–water partition coefficient (Wildman–Crippen LogP) is 3.38. The standard InChI is InChI=1S/C19H20ClNO6S/c1-19(2)10-16(21-28(24,25)14-5-3-4-12(20)8-14)15-7-6-13(9-17(15)27-19)26-11-18(22)23/h3-9,16,21H,10-11H2,1-2H3,(H,22,23). The van der Waals surface area contributed by atoms with Crippen LogP contribution in [0.5, 0.6) is 11.5 Å². The summed E-state index contributed by atoms with van der Waals surface area (Å²) in [6.45, 7) is 3.22. The molecule has 7 nitrogen and oxygen atoms in total. The maximum absolute atomic E-state index is 12.8. The molecule has 0 saturated carbocycles. The van der Waals surface area contributed by atoms with Crippen molar-refractivity contribution >= 4 is 27.6 Å². The summed E-state index contributed by atoms with van der Waals surface area (Å²) in [5.74, 6) is -0.320. The Kier molecular flexibility index (Phi) is 5.56. The Morgan fingerprint density at radius 1 is 1.32 bits per heavy atom. The second-order valence-corrected chi connectivity index (χ2v) is 9.23. The number of benzene rings is 2. The lowest BCUT2D eigenvalue weighted by Crippen LogP contribution is -2.41. The first-order chi connectivity index (χ1) is 13.1. The summed E-state index contributed by atoms with van der Waals surface area (Å²) >= 11 is 5.92. The molecule has 0 aromatic heterocycles. The van der Waals surface area contributed by atoms with Crippen molar-refractivity contribution in [3.8, 4) is 11.5 Å². The van der Waals surface area contributed by atoms with Crippen molar-refractivity contribution in [1.82, 2.24) is 4.72 Å². The third kappa shape index (κ3) is 4.76. The number of ether oxygens (including phenoxy) is 2. The van der Waals surface area contributed by atoms with Gasteiger partial charge in [-0.3, -0.25) is 0 Å². The molecule has 0 amide bonds. The number of carboxylic acid groups (broad SMARTS) is 1. The van der Waals surface area contributed by atoms with E-state index in [1.807, 2.05) is 13.8 Å². The summed E-state index contributed by atoms with van der Waals surface area (Å²) in [7, 11) is -3.81. The lowest BCUT2D eigenvalue weighted by molar-refractivity contribution is -0.139. The third-order valence-corrected chi connectivity index (χ3v) is 5.91. The van der Waals surface area contributed by atoms with Gasteiger partial charge in [-0.15, -0.1) is 0 Å². The van der Waals surface area contributed by atoms with Gasteiger partial charge < -0.3 is 14.6 Å². The number of hydrogen-bond acceptors (Lipinski definition) is 5. The van der Waals surface area contributed by atoms with E-state index < -0.39 is 34.2 Å². The molecule has 1 atom stereocenters. The number of aliphatic carboxylic acids is 1. The van der Waals surface area contributed by atoms with E-state index in [1.54, 1.807) is 30.3 Å². The molecule has 2 aromatic carbocycles. The van der Waals surface area contributed by atoms with E-state index in [2.05, 4.69) is 4.72 Å². The molecule has 1 heterocycles. The average Bonchev–Trinajstić information content (AvgIpc) is 2.58. The SMILES string of the molecule is CC1(C)CC(NS(=O)(=O)c2cccc(Cl)c2)c2ccc(OCC(=O)O)cc2O1. The summed E-state index contributed by atoms with van der Waals surface area (Å²) in [6.07, 6.45) is 0.412. The van der Waals surface area contributed by atoms with E-state index >= 15 is 0 Å². The van der Waals surface area contributed by atoms with Gasteiger partial charge in [-0.1, -0.05) is 23.7 Å². The van der Waals surface area contributed by atoms with Crippen molar-refractivity contribution in [2.45, 2.75) is 36.8 Å². The predicted molar refractivity (Wildman–Crippen MR) is 103 cm³/mol. The molecule has 2 aromatic rings. The van der Waals surface area contributed by atoms with Crippen molar-refractivity contribution in [3.05, 3.63) is 53.1 Å². The minimum absolute atomic E-state index is 0.0762. The zero-order valence-corrected chi connectivity index (χ0v) is 16.9. The lowest BCUT2D eigenvalue weighted by atomic mass is 9.90. The molecule has 0 saturated heterocycles. The number of nitrogens with one attached hydrogen (secondary N) is 1. The second-order valence-electron chi connectivity index (χ2n) is 7.08. The van der Waals surface area contributed by atoms with Gasteiger partial charge in [0, 0.05) is 23.1 Å². The number of carbonyl (C=O) groups is 1. The maximum Gasteiger partial charge on any atom is 0.341 e. The molecule has 0 spiro atoms. The number of halogens is 1. The Bertz CT molecular complexity index is 1010. The highest BCUT2D eigenvalue weighted by atomic mass is 35.5. The Morgan fingerprint density at radius 3 is 2.75 bits per heavy atom. The van der Waals surface area contributed by atoms with E-state index in [-0.39, 0.29) is 4.90 Å². The summed E-state index contributed by atoms with van der Waals surface area (Å²) in [6, 6.07) is 10.3. The smallest absolute Gasteiger partial charge is 0.341 e. The Labute approximate surface area is 168 Å². The molecule has 0 aliphatic carbocycles. The molecular formula is C19H20ClNO6S. The van der Waals surface area contributed by atoms with Crippen LogP contribution in [0.1, 0.15) is 31.9 Å². The van der Waals surface area contributed by atoms with Crippen LogP contribution in [0.15, 0.2) is 47.4 Å². The van der Waals surface area contributed by atoms with E-state index in [9.17, 15) is 13.2 Å². The summed E-state index contributed by atoms with van der Waals surface area (Å²) in [5.41, 5.74) is 0.00698. The van der Waals surface area contributed by atoms with Crippen LogP contribution in [0.3, 0.4) is 0 Å². The van der Waals surface area contributed by atoms with Crippen molar-refractivity contribution < 1.29 is 27.8 Å². The quantitative estimate of drug-likeness (QED) is 0.735. The fourth-order valence-electron chi connectivity index (χ4n) is 3.06. The van der Waals surface area contributed by atoms with E-state index in [1.165, 1.54) is 12.1 Å². The number of hydrogen-bond donors (Lipinski definition) is 2. The normalized spacial score (nSPS) is 18.0. The fourth-order valence-corrected chi connectivity index (χ4v) is 4.58. The number of rotatable bonds is 6. The van der Waals surface area contributed by atoms with Gasteiger partial charge in [-0.25, -0.2) is 17.9 Å². The van der Waals surface area contributed by atoms with Crippen LogP contribution < -0.4 is 14.2 Å². The highest BCUT2D eigenvalue weighted by Crippen LogP contribution is 2.41. The second kappa shape index (κ2) is 7.62. The molecule has 2 N–H and O–H groups in total. The number of fused-ring (bicyclic) bond motifs is 1. The maximum atomic E-state index is 12.8. The van der Waals surface area contributed by atoms with Gasteiger partial charge in [0.2, 0.25) is 10.0 Å². The lowest BCUT2D eigenvalue weighted by Gasteiger charge is -2.37. The van der Waals surface area contributed by atoms with Crippen LogP contribution in [0.25, 0.3) is 0 Å². The molecule has 9 heteroatoms. The van der Waals surface area contributed by atoms with Crippen LogP contribution in [0.4, 0.5) is 0 Å². The minimum Gasteiger partial charge on any atom is -0.487 e. The van der Waals surface area contributed by atoms with Crippen LogP contribution in [-0.4, -0.2) is 31.7 Å². The van der Waals surface area contributed by atoms with Crippen LogP contribution in [-0.2, 0) is 14.8 Å². The zero-order valence-electron chi connectivity index (χ0n) is 15.3. The van der Waals surface area contributed by atoms with Crippen LogP contribution in [0, 0.1) is 0 Å². The zero-order chi connectivity index (χ0) is 20.5. The third-order valence-electron chi connectivity index (χ3n) is 4.21. The first kappa shape index (κ1) is 20.4. The summed E-state index contributed by atoms with van der Waals surface area (Å²) < 4.78 is 39.5. The van der Waals surface area contributed by atoms with Crippen molar-refractivity contribution in [1.29, 1.82) is 0 Å². The minimum atomic E-state index is -3.81. The summed E-state index contributed by atoms with van der Waals surface area (Å²) in [4.78, 5) is 10.8. The highest BCUT2D eigenvalue weighted by Gasteiger charge is 2.36. The topological polar surface area (TPSA) is 102 Å². The molecule has 28 heavy (non-hydrogen) atoms. The molecule has 0 radical (unpaired) electrons. The van der Waals surface area contributed by atoms with Crippen molar-refractivity contribution in [2.24, 2.45) is 0 Å². The van der Waals surface area contributed by atoms with Gasteiger partial charge >= 0.3 is 5.97 Å². The van der Waals surface area contributed by atoms with Gasteiger partial charge in [-0.2, -0.15) is 0 Å². The molecule has 1 aliphatic heterocycles. The number of carboxylic acids is 1. The molecule has 3 rings (SSSR count). The Hall–Kier alpha value is -2.29. The summed E-state index contributed by atoms with van der Waals surface area (Å²) in [5, 5.41) is 9.08. The fraction of sp³-hybridized carbons (Fsp3) is 0.316. The van der Waals surface area contributed by atoms with Gasteiger partial charge in [0.25, 0.3) is 0 Å². The average molecular weight is 426 g/mol. The van der Waals surface area contributed by atoms with E-state index in [0.717, 1.165) is 0 Å². The van der Waals surface area contributed by atoms with Crippen LogP contribution in [0.2, 0.25) is 5.02 Å². The Morgan fingerprint density at radius 2 is 2.07 bits per heavy atom. The molecule has 150 valence electrons. The molecule has 0 bridgehead atoms. The first-order valence-corrected chi connectivity index (χ1v) is 10.4. The largest absolute Gasteiger partial charge is 0.487 e. The van der Waals surface area contributed by atoms with Crippen molar-refractivity contribution in [2.75, 3.05) is 6.61 Å². The monoisotopic (exact) mass is 425 g/mol. The first-order valence-electron chi connectivity index (χ1n) is 8.51. The molecule has 1 aliphatic rings. The van der Waals surface area contributed by atoms with E-state index in [0.29, 0.717) is 28.5 Å². The van der Waals surface area contributed by atoms with Gasteiger partial charge in [0.05, 0.1) is 10.9 Å². The van der Waals surface area contributed by atoms with Gasteiger partial charge in [-0.05, 0) is 38.1 Å². The molecular weight excluding hydrogens is 406 g/mol. The molecule has 0 fully saturated rings. The van der Waals surface area contributed by atoms with Crippen LogP contribution >= 0.6 is 11.6 Å². The van der Waals surface area contributed by atoms with E-state index in [4.69, 9.17) is 26.2 Å².